The van der Waals surface area contributed by atoms with Gasteiger partial charge in [0.05, 0.1) is 29.6 Å². The number of halogens is 1. The Morgan fingerprint density at radius 3 is 3.09 bits per heavy atom. The maximum atomic E-state index is 13.9. The van der Waals surface area contributed by atoms with E-state index in [1.165, 1.54) is 0 Å². The molecule has 2 aliphatic heterocycles. The summed E-state index contributed by atoms with van der Waals surface area (Å²) in [5, 5.41) is 0.795. The number of rotatable bonds is 0. The van der Waals surface area contributed by atoms with Crippen molar-refractivity contribution in [3.63, 3.8) is 0 Å². The van der Waals surface area contributed by atoms with Crippen LogP contribution in [0.4, 0.5) is 10.2 Å². The zero-order valence-corrected chi connectivity index (χ0v) is 12.2. The highest BCUT2D eigenvalue weighted by molar-refractivity contribution is 5.92. The third kappa shape index (κ3) is 2.08. The summed E-state index contributed by atoms with van der Waals surface area (Å²) in [5.41, 5.74) is 2.26. The minimum Gasteiger partial charge on any atom is -0.464 e. The normalized spacial score (nSPS) is 21.1. The second-order valence-electron chi connectivity index (χ2n) is 5.73. The van der Waals surface area contributed by atoms with Crippen molar-refractivity contribution < 1.29 is 13.9 Å². The first-order valence-electron chi connectivity index (χ1n) is 7.38. The number of ether oxygens (including phenoxy) is 1. The zero-order chi connectivity index (χ0) is 15.3. The summed E-state index contributed by atoms with van der Waals surface area (Å²) in [6.07, 6.45) is 1.02. The van der Waals surface area contributed by atoms with Gasteiger partial charge in [-0.2, -0.15) is 9.37 Å². The Kier molecular flexibility index (Phi) is 2.95. The van der Waals surface area contributed by atoms with Crippen molar-refractivity contribution in [2.24, 2.45) is 0 Å². The van der Waals surface area contributed by atoms with Crippen LogP contribution in [-0.2, 0) is 16.0 Å². The van der Waals surface area contributed by atoms with Gasteiger partial charge in [0.25, 0.3) is 0 Å². The minimum atomic E-state index is -0.754. The Morgan fingerprint density at radius 2 is 2.23 bits per heavy atom. The molecule has 7 heteroatoms. The topological polar surface area (TPSA) is 68.2 Å². The third-order valence-electron chi connectivity index (χ3n) is 4.26. The van der Waals surface area contributed by atoms with Gasteiger partial charge in [-0.3, -0.25) is 9.78 Å². The van der Waals surface area contributed by atoms with Gasteiger partial charge in [0.15, 0.2) is 0 Å². The molecule has 0 N–H and O–H groups in total. The van der Waals surface area contributed by atoms with Crippen LogP contribution in [0.25, 0.3) is 10.9 Å². The predicted octanol–water partition coefficient (Wildman–Crippen LogP) is 1.54. The molecule has 0 saturated carbocycles. The number of aromatic nitrogens is 3. The van der Waals surface area contributed by atoms with Crippen molar-refractivity contribution in [1.82, 2.24) is 15.0 Å². The molecule has 0 spiro atoms. The van der Waals surface area contributed by atoms with Gasteiger partial charge in [0.1, 0.15) is 12.4 Å². The average Bonchev–Trinajstić information content (AvgIpc) is 2.71. The van der Waals surface area contributed by atoms with Crippen molar-refractivity contribution in [2.45, 2.75) is 32.2 Å². The SMILES string of the molecule is Cc1cc2nc(F)nc3c2c(n1)CCC1CC(=O)OCCN31. The average molecular weight is 302 g/mol. The van der Waals surface area contributed by atoms with Gasteiger partial charge < -0.3 is 9.64 Å². The van der Waals surface area contributed by atoms with Crippen LogP contribution in [0.1, 0.15) is 24.2 Å². The van der Waals surface area contributed by atoms with Gasteiger partial charge in [0.2, 0.25) is 0 Å². The van der Waals surface area contributed by atoms with Gasteiger partial charge in [-0.15, -0.1) is 0 Å². The summed E-state index contributed by atoms with van der Waals surface area (Å²) in [5.74, 6) is 0.319. The van der Waals surface area contributed by atoms with Crippen LogP contribution >= 0.6 is 0 Å². The molecule has 1 unspecified atom stereocenters. The van der Waals surface area contributed by atoms with E-state index >= 15 is 0 Å². The monoisotopic (exact) mass is 302 g/mol. The molecule has 2 aromatic heterocycles. The van der Waals surface area contributed by atoms with E-state index in [4.69, 9.17) is 4.74 Å². The van der Waals surface area contributed by atoms with E-state index in [0.29, 0.717) is 30.7 Å². The van der Waals surface area contributed by atoms with Crippen LogP contribution in [0, 0.1) is 13.0 Å². The van der Waals surface area contributed by atoms with Crippen molar-refractivity contribution in [3.8, 4) is 0 Å². The van der Waals surface area contributed by atoms with E-state index in [1.807, 2.05) is 11.8 Å². The largest absolute Gasteiger partial charge is 0.464 e. The first-order valence-corrected chi connectivity index (χ1v) is 7.38. The Hall–Kier alpha value is -2.31. The molecule has 1 fully saturated rings. The number of carbonyl (C=O) groups is 1. The highest BCUT2D eigenvalue weighted by Crippen LogP contribution is 2.34. The molecule has 114 valence electrons. The van der Waals surface area contributed by atoms with Crippen molar-refractivity contribution in [3.05, 3.63) is 23.5 Å². The zero-order valence-electron chi connectivity index (χ0n) is 12.2. The lowest BCUT2D eigenvalue weighted by Gasteiger charge is -2.28. The number of anilines is 1. The molecule has 0 aliphatic carbocycles. The maximum Gasteiger partial charge on any atom is 0.311 e. The fourth-order valence-electron chi connectivity index (χ4n) is 3.35. The second kappa shape index (κ2) is 4.86. The highest BCUT2D eigenvalue weighted by atomic mass is 19.1. The summed E-state index contributed by atoms with van der Waals surface area (Å²) in [4.78, 5) is 26.2. The molecule has 4 heterocycles. The lowest BCUT2D eigenvalue weighted by atomic mass is 10.1. The van der Waals surface area contributed by atoms with Crippen LogP contribution in [0.15, 0.2) is 6.07 Å². The number of esters is 1. The Bertz CT molecular complexity index is 774. The second-order valence-corrected chi connectivity index (χ2v) is 5.73. The van der Waals surface area contributed by atoms with E-state index in [9.17, 15) is 9.18 Å². The Balaban J connectivity index is 1.96. The molecule has 0 amide bonds. The number of hydrogen-bond acceptors (Lipinski definition) is 6. The molecular formula is C15H15FN4O2. The van der Waals surface area contributed by atoms with Crippen molar-refractivity contribution >= 4 is 22.7 Å². The summed E-state index contributed by atoms with van der Waals surface area (Å²) < 4.78 is 19.0. The summed E-state index contributed by atoms with van der Waals surface area (Å²) in [6.45, 7) is 2.67. The molecular weight excluding hydrogens is 287 g/mol. The van der Waals surface area contributed by atoms with E-state index in [2.05, 4.69) is 15.0 Å². The van der Waals surface area contributed by atoms with Gasteiger partial charge in [-0.1, -0.05) is 0 Å². The number of nitrogens with zero attached hydrogens (tertiary/aromatic N) is 4. The van der Waals surface area contributed by atoms with Gasteiger partial charge in [-0.25, -0.2) is 4.98 Å². The standard InChI is InChI=1S/C15H15FN4O2/c1-8-6-11-13-10(17-8)3-2-9-7-12(21)22-5-4-20(9)14(13)19-15(16)18-11/h6,9H,2-5,7H2,1H3. The van der Waals surface area contributed by atoms with Crippen LogP contribution < -0.4 is 4.90 Å². The fourth-order valence-corrected chi connectivity index (χ4v) is 3.35. The number of carbonyl (C=O) groups excluding carboxylic acids is 1. The molecule has 2 aromatic rings. The molecule has 2 aliphatic rings. The third-order valence-corrected chi connectivity index (χ3v) is 4.26. The summed E-state index contributed by atoms with van der Waals surface area (Å²) >= 11 is 0. The first kappa shape index (κ1) is 13.4. The lowest BCUT2D eigenvalue weighted by molar-refractivity contribution is -0.142. The first-order chi connectivity index (χ1) is 10.6. The molecule has 6 nitrogen and oxygen atoms in total. The molecule has 0 radical (unpaired) electrons. The van der Waals surface area contributed by atoms with E-state index in [-0.39, 0.29) is 18.6 Å². The molecule has 22 heavy (non-hydrogen) atoms. The smallest absolute Gasteiger partial charge is 0.311 e. The number of cyclic esters (lactones) is 1. The van der Waals surface area contributed by atoms with Gasteiger partial charge in [0, 0.05) is 11.7 Å². The quantitative estimate of drug-likeness (QED) is 0.543. The van der Waals surface area contributed by atoms with E-state index in [0.717, 1.165) is 23.2 Å². The number of fused-ring (bicyclic) bond motifs is 2. The van der Waals surface area contributed by atoms with Crippen molar-refractivity contribution in [1.29, 1.82) is 0 Å². The highest BCUT2D eigenvalue weighted by Gasteiger charge is 2.32. The number of aryl methyl sites for hydroxylation is 2. The Labute approximate surface area is 126 Å². The van der Waals surface area contributed by atoms with Gasteiger partial charge >= 0.3 is 12.0 Å². The van der Waals surface area contributed by atoms with E-state index in [1.54, 1.807) is 6.07 Å². The van der Waals surface area contributed by atoms with Crippen LogP contribution in [0.3, 0.4) is 0 Å². The number of hydrogen-bond donors (Lipinski definition) is 0. The van der Waals surface area contributed by atoms with Gasteiger partial charge in [-0.05, 0) is 25.8 Å². The molecule has 0 aromatic carbocycles. The number of pyridine rings is 1. The lowest BCUT2D eigenvalue weighted by Crippen LogP contribution is -2.36. The minimum absolute atomic E-state index is 0.0398. The Morgan fingerprint density at radius 1 is 1.36 bits per heavy atom. The molecule has 1 atom stereocenters. The van der Waals surface area contributed by atoms with Crippen molar-refractivity contribution in [2.75, 3.05) is 18.1 Å². The molecule has 1 saturated heterocycles. The maximum absolute atomic E-state index is 13.9. The fraction of sp³-hybridized carbons (Fsp3) is 0.467. The predicted molar refractivity (Wildman–Crippen MR) is 77.1 cm³/mol. The van der Waals surface area contributed by atoms with Crippen LogP contribution in [0.5, 0.6) is 0 Å². The van der Waals surface area contributed by atoms with Crippen LogP contribution in [0.2, 0.25) is 0 Å². The molecule has 4 rings (SSSR count). The molecule has 0 bridgehead atoms. The van der Waals surface area contributed by atoms with E-state index < -0.39 is 6.08 Å². The van der Waals surface area contributed by atoms with Crippen LogP contribution in [-0.4, -0.2) is 40.1 Å². The summed E-state index contributed by atoms with van der Waals surface area (Å²) in [6, 6.07) is 1.73. The summed E-state index contributed by atoms with van der Waals surface area (Å²) in [7, 11) is 0.